The van der Waals surface area contributed by atoms with Crippen molar-refractivity contribution in [2.75, 3.05) is 12.3 Å². The van der Waals surface area contributed by atoms with Gasteiger partial charge in [0.2, 0.25) is 0 Å². The molecule has 0 aromatic heterocycles. The van der Waals surface area contributed by atoms with Gasteiger partial charge >= 0.3 is 0 Å². The minimum absolute atomic E-state index is 0.0461. The summed E-state index contributed by atoms with van der Waals surface area (Å²) in [7, 11) is 0. The first-order valence-electron chi connectivity index (χ1n) is 4.78. The Morgan fingerprint density at radius 2 is 1.69 bits per heavy atom. The highest BCUT2D eigenvalue weighted by molar-refractivity contribution is 5.42. The second kappa shape index (κ2) is 5.20. The molecule has 6 N–H and O–H groups in total. The van der Waals surface area contributed by atoms with Crippen molar-refractivity contribution >= 4 is 5.69 Å². The average molecular weight is 232 g/mol. The van der Waals surface area contributed by atoms with Crippen molar-refractivity contribution in [3.63, 3.8) is 0 Å². The Hall–Kier alpha value is -1.24. The Kier molecular flexibility index (Phi) is 4.17. The fourth-order valence-electron chi connectivity index (χ4n) is 1.41. The third-order valence-electron chi connectivity index (χ3n) is 2.22. The van der Waals surface area contributed by atoms with Crippen LogP contribution in [0.25, 0.3) is 0 Å². The highest BCUT2D eigenvalue weighted by atomic mass is 19.1. The number of aliphatic hydroxyl groups is 2. The van der Waals surface area contributed by atoms with Gasteiger partial charge in [0.1, 0.15) is 17.7 Å². The maximum absolute atomic E-state index is 13.3. The van der Waals surface area contributed by atoms with Crippen LogP contribution in [0, 0.1) is 11.6 Å². The fraction of sp³-hybridized carbons (Fsp3) is 0.400. The first kappa shape index (κ1) is 12.8. The predicted octanol–water partition coefficient (Wildman–Crippen LogP) is 0.290. The van der Waals surface area contributed by atoms with Gasteiger partial charge < -0.3 is 21.7 Å². The highest BCUT2D eigenvalue weighted by Crippen LogP contribution is 2.26. The van der Waals surface area contributed by atoms with Crippen LogP contribution in [-0.4, -0.2) is 22.9 Å². The molecule has 6 heteroatoms. The molecule has 1 aromatic rings. The highest BCUT2D eigenvalue weighted by Gasteiger charge is 2.24. The van der Waals surface area contributed by atoms with Crippen LogP contribution in [0.3, 0.4) is 0 Å². The smallest absolute Gasteiger partial charge is 0.134 e. The van der Waals surface area contributed by atoms with Gasteiger partial charge in [-0.05, 0) is 25.1 Å². The first-order chi connectivity index (χ1) is 7.47. The Bertz CT molecular complexity index is 351. The van der Waals surface area contributed by atoms with Crippen molar-refractivity contribution < 1.29 is 19.0 Å². The Morgan fingerprint density at radius 1 is 1.19 bits per heavy atom. The maximum atomic E-state index is 13.3. The van der Waals surface area contributed by atoms with Crippen molar-refractivity contribution in [3.05, 3.63) is 29.3 Å². The predicted molar refractivity (Wildman–Crippen MR) is 55.4 cm³/mol. The minimum atomic E-state index is -1.65. The first-order valence-corrected chi connectivity index (χ1v) is 4.78. The van der Waals surface area contributed by atoms with E-state index in [1.54, 1.807) is 0 Å². The number of nitrogens with two attached hydrogens (primary N) is 2. The lowest BCUT2D eigenvalue weighted by Gasteiger charge is -2.18. The van der Waals surface area contributed by atoms with Crippen molar-refractivity contribution in [2.45, 2.75) is 18.6 Å². The summed E-state index contributed by atoms with van der Waals surface area (Å²) in [4.78, 5) is 0. The number of anilines is 1. The van der Waals surface area contributed by atoms with Crippen molar-refractivity contribution in [3.8, 4) is 0 Å². The van der Waals surface area contributed by atoms with E-state index in [0.717, 1.165) is 12.1 Å². The molecular formula is C10H14F2N2O2. The molecule has 16 heavy (non-hydrogen) atoms. The summed E-state index contributed by atoms with van der Waals surface area (Å²) in [5.41, 5.74) is 9.71. The lowest BCUT2D eigenvalue weighted by Crippen LogP contribution is -2.23. The third kappa shape index (κ3) is 2.66. The van der Waals surface area contributed by atoms with Gasteiger partial charge in [0, 0.05) is 5.69 Å². The summed E-state index contributed by atoms with van der Waals surface area (Å²) >= 11 is 0. The van der Waals surface area contributed by atoms with Crippen molar-refractivity contribution in [1.29, 1.82) is 0 Å². The van der Waals surface area contributed by atoms with Gasteiger partial charge in [0.25, 0.3) is 0 Å². The Balaban J connectivity index is 3.03. The van der Waals surface area contributed by atoms with E-state index in [9.17, 15) is 19.0 Å². The van der Waals surface area contributed by atoms with E-state index in [2.05, 4.69) is 0 Å². The molecule has 0 spiro atoms. The Labute approximate surface area is 91.5 Å². The number of aliphatic hydroxyl groups excluding tert-OH is 2. The standard InChI is InChI=1S/C10H14F2N2O2/c11-6-3-5(14)4-7(12)9(6)10(16)8(15)1-2-13/h3-4,8,10,15-16H,1-2,13-14H2. The zero-order valence-electron chi connectivity index (χ0n) is 8.53. The molecule has 0 fully saturated rings. The average Bonchev–Trinajstić information content (AvgIpc) is 2.16. The molecular weight excluding hydrogens is 218 g/mol. The summed E-state index contributed by atoms with van der Waals surface area (Å²) in [6, 6.07) is 1.77. The summed E-state index contributed by atoms with van der Waals surface area (Å²) in [5.74, 6) is -1.97. The van der Waals surface area contributed by atoms with Crippen LogP contribution in [0.5, 0.6) is 0 Å². The zero-order chi connectivity index (χ0) is 12.3. The summed E-state index contributed by atoms with van der Waals surface area (Å²) < 4.78 is 26.7. The number of nitrogen functional groups attached to an aromatic ring is 1. The van der Waals surface area contributed by atoms with E-state index in [4.69, 9.17) is 11.5 Å². The molecule has 1 aromatic carbocycles. The molecule has 0 saturated heterocycles. The quantitative estimate of drug-likeness (QED) is 0.561. The van der Waals surface area contributed by atoms with E-state index in [0.29, 0.717) is 0 Å². The molecule has 0 bridgehead atoms. The normalized spacial score (nSPS) is 14.8. The lowest BCUT2D eigenvalue weighted by molar-refractivity contribution is 0.0108. The van der Waals surface area contributed by atoms with Gasteiger partial charge in [0.15, 0.2) is 0 Å². The van der Waals surface area contributed by atoms with Gasteiger partial charge in [0.05, 0.1) is 11.7 Å². The summed E-state index contributed by atoms with van der Waals surface area (Å²) in [5, 5.41) is 18.9. The Morgan fingerprint density at radius 3 is 2.12 bits per heavy atom. The number of hydrogen-bond acceptors (Lipinski definition) is 4. The molecule has 4 nitrogen and oxygen atoms in total. The van der Waals surface area contributed by atoms with E-state index in [-0.39, 0.29) is 18.7 Å². The largest absolute Gasteiger partial charge is 0.399 e. The lowest BCUT2D eigenvalue weighted by atomic mass is 10.0. The third-order valence-corrected chi connectivity index (χ3v) is 2.22. The monoisotopic (exact) mass is 232 g/mol. The SMILES string of the molecule is NCCC(O)C(O)c1c(F)cc(N)cc1F. The van der Waals surface area contributed by atoms with Crippen molar-refractivity contribution in [1.82, 2.24) is 0 Å². The summed E-state index contributed by atoms with van der Waals surface area (Å²) in [6.45, 7) is 0.108. The van der Waals surface area contributed by atoms with Crippen LogP contribution in [0.15, 0.2) is 12.1 Å². The van der Waals surface area contributed by atoms with Gasteiger partial charge in [-0.2, -0.15) is 0 Å². The molecule has 2 atom stereocenters. The number of halogens is 2. The number of benzene rings is 1. The second-order valence-corrected chi connectivity index (χ2v) is 3.49. The maximum Gasteiger partial charge on any atom is 0.134 e. The van der Waals surface area contributed by atoms with E-state index < -0.39 is 29.4 Å². The molecule has 2 unspecified atom stereocenters. The van der Waals surface area contributed by atoms with Crippen LogP contribution in [-0.2, 0) is 0 Å². The van der Waals surface area contributed by atoms with Gasteiger partial charge in [-0.25, -0.2) is 8.78 Å². The number of hydrogen-bond donors (Lipinski definition) is 4. The summed E-state index contributed by atoms with van der Waals surface area (Å²) in [6.07, 6.45) is -2.91. The minimum Gasteiger partial charge on any atom is -0.399 e. The van der Waals surface area contributed by atoms with E-state index >= 15 is 0 Å². The second-order valence-electron chi connectivity index (χ2n) is 3.49. The fourth-order valence-corrected chi connectivity index (χ4v) is 1.41. The van der Waals surface area contributed by atoms with Crippen LogP contribution in [0.2, 0.25) is 0 Å². The van der Waals surface area contributed by atoms with Gasteiger partial charge in [-0.1, -0.05) is 0 Å². The van der Waals surface area contributed by atoms with Crippen LogP contribution in [0.4, 0.5) is 14.5 Å². The van der Waals surface area contributed by atoms with Crippen LogP contribution < -0.4 is 11.5 Å². The van der Waals surface area contributed by atoms with Crippen LogP contribution >= 0.6 is 0 Å². The molecule has 0 radical (unpaired) electrons. The molecule has 0 aliphatic carbocycles. The zero-order valence-corrected chi connectivity index (χ0v) is 8.53. The van der Waals surface area contributed by atoms with Crippen molar-refractivity contribution in [2.24, 2.45) is 5.73 Å². The van der Waals surface area contributed by atoms with E-state index in [1.165, 1.54) is 0 Å². The molecule has 0 amide bonds. The molecule has 90 valence electrons. The molecule has 0 saturated carbocycles. The molecule has 0 aliphatic rings. The van der Waals surface area contributed by atoms with Gasteiger partial charge in [-0.15, -0.1) is 0 Å². The number of rotatable bonds is 4. The van der Waals surface area contributed by atoms with Gasteiger partial charge in [-0.3, -0.25) is 0 Å². The topological polar surface area (TPSA) is 92.5 Å². The molecule has 0 aliphatic heterocycles. The molecule has 0 heterocycles. The van der Waals surface area contributed by atoms with Crippen LogP contribution in [0.1, 0.15) is 18.1 Å². The van der Waals surface area contributed by atoms with E-state index in [1.807, 2.05) is 0 Å². The molecule has 1 rings (SSSR count).